The molecule has 3 nitrogen and oxygen atoms in total. The van der Waals surface area contributed by atoms with Crippen molar-refractivity contribution in [1.82, 2.24) is 10.2 Å². The minimum atomic E-state index is 0.0821. The van der Waals surface area contributed by atoms with Crippen molar-refractivity contribution in [1.29, 1.82) is 0 Å². The summed E-state index contributed by atoms with van der Waals surface area (Å²) in [4.78, 5) is 14.3. The van der Waals surface area contributed by atoms with Gasteiger partial charge in [0.05, 0.1) is 0 Å². The summed E-state index contributed by atoms with van der Waals surface area (Å²) in [5.41, 5.74) is 0.0821. The van der Waals surface area contributed by atoms with Crippen LogP contribution in [0.25, 0.3) is 0 Å². The van der Waals surface area contributed by atoms with E-state index in [-0.39, 0.29) is 5.54 Å². The van der Waals surface area contributed by atoms with Crippen molar-refractivity contribution in [3.63, 3.8) is 0 Å². The van der Waals surface area contributed by atoms with E-state index in [1.54, 1.807) is 0 Å². The fourth-order valence-electron chi connectivity index (χ4n) is 3.32. The van der Waals surface area contributed by atoms with Gasteiger partial charge >= 0.3 is 0 Å². The van der Waals surface area contributed by atoms with Crippen LogP contribution in [0.2, 0.25) is 0 Å². The first-order valence-electron chi connectivity index (χ1n) is 7.60. The number of hydrogen-bond donors (Lipinski definition) is 1. The highest BCUT2D eigenvalue weighted by Gasteiger charge is 2.28. The average Bonchev–Trinajstić information content (AvgIpc) is 2.36. The Kier molecular flexibility index (Phi) is 4.66. The quantitative estimate of drug-likeness (QED) is 0.837. The molecule has 18 heavy (non-hydrogen) atoms. The van der Waals surface area contributed by atoms with Gasteiger partial charge in [-0.1, -0.05) is 32.1 Å². The van der Waals surface area contributed by atoms with Gasteiger partial charge < -0.3 is 10.2 Å². The Labute approximate surface area is 111 Å². The summed E-state index contributed by atoms with van der Waals surface area (Å²) in [6.45, 7) is 7.02. The highest BCUT2D eigenvalue weighted by atomic mass is 16.2. The van der Waals surface area contributed by atoms with E-state index in [1.165, 1.54) is 32.1 Å². The molecule has 1 heterocycles. The Morgan fingerprint density at radius 3 is 2.67 bits per heavy atom. The van der Waals surface area contributed by atoms with Crippen LogP contribution in [0.15, 0.2) is 0 Å². The third-order valence-electron chi connectivity index (χ3n) is 4.42. The van der Waals surface area contributed by atoms with E-state index in [2.05, 4.69) is 24.1 Å². The van der Waals surface area contributed by atoms with Crippen LogP contribution in [-0.4, -0.2) is 36.0 Å². The van der Waals surface area contributed by atoms with Crippen LogP contribution in [0.4, 0.5) is 0 Å². The second-order valence-corrected chi connectivity index (χ2v) is 6.67. The maximum absolute atomic E-state index is 12.2. The van der Waals surface area contributed by atoms with Gasteiger partial charge in [-0.25, -0.2) is 0 Å². The molecule has 0 aromatic carbocycles. The highest BCUT2D eigenvalue weighted by molar-refractivity contribution is 5.76. The van der Waals surface area contributed by atoms with E-state index in [0.29, 0.717) is 5.91 Å². The molecule has 1 N–H and O–H groups in total. The van der Waals surface area contributed by atoms with Gasteiger partial charge in [-0.05, 0) is 26.2 Å². The van der Waals surface area contributed by atoms with Gasteiger partial charge in [-0.3, -0.25) is 4.79 Å². The molecule has 1 aliphatic heterocycles. The number of rotatable bonds is 3. The lowest BCUT2D eigenvalue weighted by Crippen LogP contribution is -2.58. The zero-order valence-corrected chi connectivity index (χ0v) is 12.0. The zero-order valence-electron chi connectivity index (χ0n) is 12.0. The predicted molar refractivity (Wildman–Crippen MR) is 74.5 cm³/mol. The molecule has 0 spiro atoms. The van der Waals surface area contributed by atoms with E-state index in [1.807, 2.05) is 0 Å². The Hall–Kier alpha value is -0.570. The number of carbonyl (C=O) groups is 1. The minimum Gasteiger partial charge on any atom is -0.340 e. The lowest BCUT2D eigenvalue weighted by molar-refractivity contribution is -0.133. The molecule has 1 saturated heterocycles. The van der Waals surface area contributed by atoms with Crippen molar-refractivity contribution in [2.24, 2.45) is 5.92 Å². The molecule has 0 bridgehead atoms. The summed E-state index contributed by atoms with van der Waals surface area (Å²) >= 11 is 0. The molecule has 0 unspecified atom stereocenters. The second-order valence-electron chi connectivity index (χ2n) is 6.67. The van der Waals surface area contributed by atoms with Crippen LogP contribution in [0.1, 0.15) is 58.8 Å². The maximum Gasteiger partial charge on any atom is 0.222 e. The van der Waals surface area contributed by atoms with Crippen molar-refractivity contribution in [2.75, 3.05) is 19.6 Å². The van der Waals surface area contributed by atoms with Crippen molar-refractivity contribution >= 4 is 5.91 Å². The van der Waals surface area contributed by atoms with Gasteiger partial charge in [0.2, 0.25) is 5.91 Å². The summed E-state index contributed by atoms with van der Waals surface area (Å²) in [6.07, 6.45) is 8.72. The summed E-state index contributed by atoms with van der Waals surface area (Å²) in [7, 11) is 0. The molecule has 0 atom stereocenters. The van der Waals surface area contributed by atoms with Gasteiger partial charge in [0, 0.05) is 31.6 Å². The van der Waals surface area contributed by atoms with Crippen molar-refractivity contribution in [3.8, 4) is 0 Å². The standard InChI is InChI=1S/C15H28N2O/c1-15(2)12-17(11-10-16-15)14(18)9-8-13-6-4-3-5-7-13/h13,16H,3-12H2,1-2H3. The lowest BCUT2D eigenvalue weighted by Gasteiger charge is -2.39. The van der Waals surface area contributed by atoms with Crippen LogP contribution >= 0.6 is 0 Å². The molecular weight excluding hydrogens is 224 g/mol. The van der Waals surface area contributed by atoms with Gasteiger partial charge in [0.1, 0.15) is 0 Å². The van der Waals surface area contributed by atoms with E-state index in [9.17, 15) is 4.79 Å². The summed E-state index contributed by atoms with van der Waals surface area (Å²) < 4.78 is 0. The Balaban J connectivity index is 1.73. The topological polar surface area (TPSA) is 32.3 Å². The van der Waals surface area contributed by atoms with E-state index >= 15 is 0 Å². The highest BCUT2D eigenvalue weighted by Crippen LogP contribution is 2.27. The van der Waals surface area contributed by atoms with Crippen LogP contribution in [0, 0.1) is 5.92 Å². The third kappa shape index (κ3) is 3.98. The first kappa shape index (κ1) is 13.9. The van der Waals surface area contributed by atoms with E-state index in [0.717, 1.165) is 38.4 Å². The molecular formula is C15H28N2O. The Morgan fingerprint density at radius 1 is 1.28 bits per heavy atom. The van der Waals surface area contributed by atoms with Gasteiger partial charge in [-0.15, -0.1) is 0 Å². The van der Waals surface area contributed by atoms with Gasteiger partial charge in [0.25, 0.3) is 0 Å². The number of nitrogens with zero attached hydrogens (tertiary/aromatic N) is 1. The minimum absolute atomic E-state index is 0.0821. The molecule has 0 aromatic rings. The predicted octanol–water partition coefficient (Wildman–Crippen LogP) is 2.56. The van der Waals surface area contributed by atoms with E-state index in [4.69, 9.17) is 0 Å². The SMILES string of the molecule is CC1(C)CN(C(=O)CCC2CCCCC2)CCN1. The van der Waals surface area contributed by atoms with Gasteiger partial charge in [-0.2, -0.15) is 0 Å². The second kappa shape index (κ2) is 6.05. The Bertz CT molecular complexity index is 282. The summed E-state index contributed by atoms with van der Waals surface area (Å²) in [6, 6.07) is 0. The first-order chi connectivity index (χ1) is 8.57. The van der Waals surface area contributed by atoms with Crippen LogP contribution in [-0.2, 0) is 4.79 Å². The number of carbonyl (C=O) groups excluding carboxylic acids is 1. The first-order valence-corrected chi connectivity index (χ1v) is 7.60. The number of hydrogen-bond acceptors (Lipinski definition) is 2. The molecule has 1 amide bonds. The molecule has 1 saturated carbocycles. The molecule has 0 radical (unpaired) electrons. The number of nitrogens with one attached hydrogen (secondary N) is 1. The largest absolute Gasteiger partial charge is 0.340 e. The number of piperazine rings is 1. The average molecular weight is 252 g/mol. The molecule has 2 fully saturated rings. The maximum atomic E-state index is 12.2. The van der Waals surface area contributed by atoms with E-state index < -0.39 is 0 Å². The van der Waals surface area contributed by atoms with Gasteiger partial charge in [0.15, 0.2) is 0 Å². The van der Waals surface area contributed by atoms with Crippen molar-refractivity contribution < 1.29 is 4.79 Å². The summed E-state index contributed by atoms with van der Waals surface area (Å²) in [5.74, 6) is 1.19. The molecule has 0 aromatic heterocycles. The molecule has 2 aliphatic rings. The molecule has 104 valence electrons. The fraction of sp³-hybridized carbons (Fsp3) is 0.933. The molecule has 1 aliphatic carbocycles. The lowest BCUT2D eigenvalue weighted by atomic mass is 9.86. The third-order valence-corrected chi connectivity index (χ3v) is 4.42. The molecule has 2 rings (SSSR count). The van der Waals surface area contributed by atoms with Crippen LogP contribution in [0.3, 0.4) is 0 Å². The number of amides is 1. The van der Waals surface area contributed by atoms with Crippen molar-refractivity contribution in [3.05, 3.63) is 0 Å². The Morgan fingerprint density at radius 2 is 2.00 bits per heavy atom. The van der Waals surface area contributed by atoms with Crippen LogP contribution in [0.5, 0.6) is 0 Å². The normalized spacial score (nSPS) is 25.1. The van der Waals surface area contributed by atoms with Crippen LogP contribution < -0.4 is 5.32 Å². The molecule has 3 heteroatoms. The summed E-state index contributed by atoms with van der Waals surface area (Å²) in [5, 5.41) is 3.45. The monoisotopic (exact) mass is 252 g/mol. The van der Waals surface area contributed by atoms with Crippen molar-refractivity contribution in [2.45, 2.75) is 64.3 Å². The zero-order chi connectivity index (χ0) is 13.0. The fourth-order valence-corrected chi connectivity index (χ4v) is 3.32. The smallest absolute Gasteiger partial charge is 0.222 e.